The highest BCUT2D eigenvalue weighted by Gasteiger charge is 2.36. The van der Waals surface area contributed by atoms with E-state index in [-0.39, 0.29) is 18.4 Å². The van der Waals surface area contributed by atoms with Gasteiger partial charge in [0.05, 0.1) is 6.04 Å². The van der Waals surface area contributed by atoms with Crippen LogP contribution in [0.2, 0.25) is 0 Å². The zero-order valence-electron chi connectivity index (χ0n) is 14.2. The minimum absolute atomic E-state index is 0.197. The molecule has 0 bridgehead atoms. The minimum atomic E-state index is -1.19. The SMILES string of the molecule is O=C(O[C@H]1CNC[C@@H]1F)N1CCc2ccccc2[C@@H]1c1ccc(F)cc1. The van der Waals surface area contributed by atoms with Gasteiger partial charge in [0.25, 0.3) is 0 Å². The van der Waals surface area contributed by atoms with E-state index >= 15 is 0 Å². The van der Waals surface area contributed by atoms with Crippen LogP contribution in [0.1, 0.15) is 22.7 Å². The lowest BCUT2D eigenvalue weighted by molar-refractivity contribution is 0.0349. The average Bonchev–Trinajstić information content (AvgIpc) is 3.06. The van der Waals surface area contributed by atoms with Gasteiger partial charge in [-0.15, -0.1) is 0 Å². The van der Waals surface area contributed by atoms with Crippen molar-refractivity contribution in [2.45, 2.75) is 24.7 Å². The van der Waals surface area contributed by atoms with E-state index in [0.717, 1.165) is 16.7 Å². The predicted octanol–water partition coefficient (Wildman–Crippen LogP) is 3.22. The number of carbonyl (C=O) groups excluding carboxylic acids is 1. The van der Waals surface area contributed by atoms with Crippen molar-refractivity contribution in [1.82, 2.24) is 10.2 Å². The van der Waals surface area contributed by atoms with Gasteiger partial charge in [0.2, 0.25) is 0 Å². The highest BCUT2D eigenvalue weighted by molar-refractivity contribution is 5.70. The molecule has 0 radical (unpaired) electrons. The Balaban J connectivity index is 1.66. The fourth-order valence-corrected chi connectivity index (χ4v) is 3.70. The molecule has 3 atom stereocenters. The second kappa shape index (κ2) is 7.03. The van der Waals surface area contributed by atoms with E-state index in [1.165, 1.54) is 12.1 Å². The van der Waals surface area contributed by atoms with Gasteiger partial charge in [-0.1, -0.05) is 36.4 Å². The van der Waals surface area contributed by atoms with Gasteiger partial charge in [-0.3, -0.25) is 4.90 Å². The number of ether oxygens (including phenoxy) is 1. The van der Waals surface area contributed by atoms with Gasteiger partial charge in [-0.2, -0.15) is 0 Å². The number of nitrogens with zero attached hydrogens (tertiary/aromatic N) is 1. The number of benzene rings is 2. The topological polar surface area (TPSA) is 41.6 Å². The number of carbonyl (C=O) groups is 1. The van der Waals surface area contributed by atoms with Gasteiger partial charge < -0.3 is 10.1 Å². The van der Waals surface area contributed by atoms with Gasteiger partial charge in [0.1, 0.15) is 11.9 Å². The summed E-state index contributed by atoms with van der Waals surface area (Å²) >= 11 is 0. The number of alkyl halides is 1. The van der Waals surface area contributed by atoms with Crippen LogP contribution in [0.3, 0.4) is 0 Å². The predicted molar refractivity (Wildman–Crippen MR) is 93.1 cm³/mol. The fraction of sp³-hybridized carbons (Fsp3) is 0.350. The van der Waals surface area contributed by atoms with Crippen molar-refractivity contribution >= 4 is 6.09 Å². The lowest BCUT2D eigenvalue weighted by atomic mass is 9.88. The Labute approximate surface area is 150 Å². The van der Waals surface area contributed by atoms with Crippen LogP contribution in [0.15, 0.2) is 48.5 Å². The summed E-state index contributed by atoms with van der Waals surface area (Å²) in [6.45, 7) is 0.982. The molecule has 4 nitrogen and oxygen atoms in total. The monoisotopic (exact) mass is 358 g/mol. The zero-order chi connectivity index (χ0) is 18.1. The summed E-state index contributed by atoms with van der Waals surface area (Å²) in [4.78, 5) is 14.4. The van der Waals surface area contributed by atoms with E-state index in [4.69, 9.17) is 4.74 Å². The Morgan fingerprint density at radius 2 is 1.88 bits per heavy atom. The van der Waals surface area contributed by atoms with Crippen LogP contribution in [-0.2, 0) is 11.2 Å². The lowest BCUT2D eigenvalue weighted by Gasteiger charge is -2.37. The highest BCUT2D eigenvalue weighted by Crippen LogP contribution is 2.35. The third-order valence-corrected chi connectivity index (χ3v) is 5.04. The molecule has 0 saturated carbocycles. The van der Waals surface area contributed by atoms with Gasteiger partial charge in [0.15, 0.2) is 6.17 Å². The van der Waals surface area contributed by atoms with Crippen LogP contribution in [0.25, 0.3) is 0 Å². The molecule has 0 unspecified atom stereocenters. The van der Waals surface area contributed by atoms with Crippen molar-refractivity contribution in [3.63, 3.8) is 0 Å². The Hall–Kier alpha value is -2.47. The summed E-state index contributed by atoms with van der Waals surface area (Å²) < 4.78 is 32.6. The van der Waals surface area contributed by atoms with Gasteiger partial charge in [0, 0.05) is 19.6 Å². The maximum atomic E-state index is 13.8. The molecule has 1 fully saturated rings. The number of hydrogen-bond donors (Lipinski definition) is 1. The van der Waals surface area contributed by atoms with Crippen molar-refractivity contribution < 1.29 is 18.3 Å². The first-order valence-electron chi connectivity index (χ1n) is 8.79. The minimum Gasteiger partial charge on any atom is -0.442 e. The lowest BCUT2D eigenvalue weighted by Crippen LogP contribution is -2.43. The maximum Gasteiger partial charge on any atom is 0.410 e. The molecule has 1 N–H and O–H groups in total. The Kier molecular flexibility index (Phi) is 4.59. The number of nitrogens with one attached hydrogen (secondary N) is 1. The van der Waals surface area contributed by atoms with E-state index < -0.39 is 18.4 Å². The second-order valence-corrected chi connectivity index (χ2v) is 6.69. The fourth-order valence-electron chi connectivity index (χ4n) is 3.70. The van der Waals surface area contributed by atoms with Crippen molar-refractivity contribution in [2.24, 2.45) is 0 Å². The van der Waals surface area contributed by atoms with Crippen LogP contribution < -0.4 is 5.32 Å². The van der Waals surface area contributed by atoms with Crippen molar-refractivity contribution in [2.75, 3.05) is 19.6 Å². The molecule has 1 saturated heterocycles. The molecular weight excluding hydrogens is 338 g/mol. The first-order valence-corrected chi connectivity index (χ1v) is 8.79. The Bertz CT molecular complexity index is 797. The summed E-state index contributed by atoms with van der Waals surface area (Å²) in [5.74, 6) is -0.329. The molecule has 2 aliphatic heterocycles. The van der Waals surface area contributed by atoms with Crippen LogP contribution in [0.4, 0.5) is 13.6 Å². The van der Waals surface area contributed by atoms with Crippen LogP contribution in [0.5, 0.6) is 0 Å². The molecular formula is C20H20F2N2O2. The van der Waals surface area contributed by atoms with Gasteiger partial charge in [-0.05, 0) is 35.2 Å². The number of halogens is 2. The standard InChI is InChI=1S/C20H20F2N2O2/c21-15-7-5-14(6-8-15)19-16-4-2-1-3-13(16)9-10-24(19)20(25)26-18-12-23-11-17(18)22/h1-8,17-19,23H,9-12H2/t17-,18-,19-/m0/s1. The van der Waals surface area contributed by atoms with E-state index in [1.54, 1.807) is 17.0 Å². The van der Waals surface area contributed by atoms with Crippen molar-refractivity contribution in [1.29, 1.82) is 0 Å². The normalized spacial score (nSPS) is 25.0. The van der Waals surface area contributed by atoms with Crippen LogP contribution >= 0.6 is 0 Å². The Morgan fingerprint density at radius 3 is 2.62 bits per heavy atom. The summed E-state index contributed by atoms with van der Waals surface area (Å²) in [7, 11) is 0. The Morgan fingerprint density at radius 1 is 1.12 bits per heavy atom. The van der Waals surface area contributed by atoms with E-state index in [2.05, 4.69) is 5.32 Å². The van der Waals surface area contributed by atoms with E-state index in [1.807, 2.05) is 24.3 Å². The number of hydrogen-bond acceptors (Lipinski definition) is 3. The summed E-state index contributed by atoms with van der Waals surface area (Å²) in [6, 6.07) is 13.6. The molecule has 0 spiro atoms. The molecule has 136 valence electrons. The summed E-state index contributed by atoms with van der Waals surface area (Å²) in [5, 5.41) is 2.88. The molecule has 4 rings (SSSR count). The molecule has 26 heavy (non-hydrogen) atoms. The first-order chi connectivity index (χ1) is 12.6. The number of rotatable bonds is 2. The van der Waals surface area contributed by atoms with Gasteiger partial charge in [-0.25, -0.2) is 13.6 Å². The molecule has 1 amide bonds. The highest BCUT2D eigenvalue weighted by atomic mass is 19.1. The first kappa shape index (κ1) is 17.0. The quantitative estimate of drug-likeness (QED) is 0.896. The smallest absolute Gasteiger partial charge is 0.410 e. The van der Waals surface area contributed by atoms with E-state index in [0.29, 0.717) is 19.5 Å². The third-order valence-electron chi connectivity index (χ3n) is 5.04. The third kappa shape index (κ3) is 3.17. The number of fused-ring (bicyclic) bond motifs is 1. The molecule has 0 aromatic heterocycles. The second-order valence-electron chi connectivity index (χ2n) is 6.69. The molecule has 0 aliphatic carbocycles. The largest absolute Gasteiger partial charge is 0.442 e. The van der Waals surface area contributed by atoms with E-state index in [9.17, 15) is 13.6 Å². The summed E-state index contributed by atoms with van der Waals surface area (Å²) in [5.41, 5.74) is 2.94. The average molecular weight is 358 g/mol. The maximum absolute atomic E-state index is 13.8. The zero-order valence-corrected chi connectivity index (χ0v) is 14.2. The molecule has 2 aromatic rings. The van der Waals surface area contributed by atoms with Gasteiger partial charge >= 0.3 is 6.09 Å². The molecule has 2 aromatic carbocycles. The van der Waals surface area contributed by atoms with Crippen molar-refractivity contribution in [3.8, 4) is 0 Å². The number of amides is 1. The molecule has 2 aliphatic rings. The van der Waals surface area contributed by atoms with Crippen LogP contribution in [-0.4, -0.2) is 42.9 Å². The molecule has 6 heteroatoms. The van der Waals surface area contributed by atoms with Crippen molar-refractivity contribution in [3.05, 3.63) is 71.0 Å². The van der Waals surface area contributed by atoms with Crippen LogP contribution in [0, 0.1) is 5.82 Å². The summed E-state index contributed by atoms with van der Waals surface area (Å²) in [6.07, 6.45) is -1.80. The molecule has 2 heterocycles.